The number of hydrogen-bond acceptors (Lipinski definition) is 5. The lowest BCUT2D eigenvalue weighted by Crippen LogP contribution is -2.41. The fraction of sp³-hybridized carbons (Fsp3) is 0. The molecule has 0 saturated carbocycles. The number of amides is 2. The van der Waals surface area contributed by atoms with Crippen molar-refractivity contribution in [1.29, 1.82) is 0 Å². The van der Waals surface area contributed by atoms with Crippen LogP contribution in [0.2, 0.25) is 10.0 Å². The Morgan fingerprint density at radius 2 is 1.83 bits per heavy atom. The highest BCUT2D eigenvalue weighted by atomic mass is 35.5. The van der Waals surface area contributed by atoms with Gasteiger partial charge in [-0.15, -0.1) is 11.3 Å². The SMILES string of the molecule is O=C(NNC(=O)c1cc(Cl)ccc1Cl)c1csc(-c2ccsc2)n1. The number of benzene rings is 1. The Hall–Kier alpha value is -1.93. The van der Waals surface area contributed by atoms with E-state index in [1.165, 1.54) is 23.5 Å². The highest BCUT2D eigenvalue weighted by molar-refractivity contribution is 7.14. The zero-order chi connectivity index (χ0) is 17.1. The van der Waals surface area contributed by atoms with Crippen LogP contribution in [-0.2, 0) is 0 Å². The number of thiazole rings is 1. The van der Waals surface area contributed by atoms with Gasteiger partial charge in [-0.25, -0.2) is 4.98 Å². The van der Waals surface area contributed by atoms with E-state index in [1.807, 2.05) is 16.8 Å². The van der Waals surface area contributed by atoms with E-state index >= 15 is 0 Å². The molecule has 5 nitrogen and oxygen atoms in total. The number of thiophene rings is 1. The van der Waals surface area contributed by atoms with E-state index in [2.05, 4.69) is 15.8 Å². The van der Waals surface area contributed by atoms with E-state index in [0.717, 1.165) is 10.6 Å². The normalized spacial score (nSPS) is 10.4. The third-order valence-electron chi connectivity index (χ3n) is 2.97. The maximum atomic E-state index is 12.1. The van der Waals surface area contributed by atoms with Crippen LogP contribution in [0.5, 0.6) is 0 Å². The molecule has 0 aliphatic rings. The van der Waals surface area contributed by atoms with Crippen molar-refractivity contribution >= 4 is 57.7 Å². The van der Waals surface area contributed by atoms with Crippen LogP contribution < -0.4 is 10.9 Å². The van der Waals surface area contributed by atoms with Crippen LogP contribution >= 0.6 is 45.9 Å². The van der Waals surface area contributed by atoms with Crippen LogP contribution in [0.25, 0.3) is 10.6 Å². The first-order valence-electron chi connectivity index (χ1n) is 6.58. The summed E-state index contributed by atoms with van der Waals surface area (Å²) >= 11 is 14.7. The average Bonchev–Trinajstić information content (AvgIpc) is 3.25. The molecule has 0 radical (unpaired) electrons. The number of rotatable bonds is 3. The minimum Gasteiger partial charge on any atom is -0.267 e. The average molecular weight is 398 g/mol. The number of carbonyl (C=O) groups excluding carboxylic acids is 2. The Morgan fingerprint density at radius 1 is 1.04 bits per heavy atom. The fourth-order valence-corrected chi connectivity index (χ4v) is 3.70. The molecule has 0 spiro atoms. The second-order valence-electron chi connectivity index (χ2n) is 4.58. The molecule has 0 unspecified atom stereocenters. The summed E-state index contributed by atoms with van der Waals surface area (Å²) in [6.45, 7) is 0. The Balaban J connectivity index is 1.65. The Bertz CT molecular complexity index is 894. The zero-order valence-electron chi connectivity index (χ0n) is 11.9. The predicted molar refractivity (Wildman–Crippen MR) is 96.8 cm³/mol. The van der Waals surface area contributed by atoms with E-state index in [0.29, 0.717) is 5.02 Å². The van der Waals surface area contributed by atoms with Crippen molar-refractivity contribution in [3.63, 3.8) is 0 Å². The van der Waals surface area contributed by atoms with Crippen LogP contribution in [0, 0.1) is 0 Å². The molecule has 122 valence electrons. The number of nitrogens with one attached hydrogen (secondary N) is 2. The summed E-state index contributed by atoms with van der Waals surface area (Å²) in [4.78, 5) is 28.4. The van der Waals surface area contributed by atoms with Gasteiger partial charge < -0.3 is 0 Å². The topological polar surface area (TPSA) is 71.1 Å². The van der Waals surface area contributed by atoms with Crippen molar-refractivity contribution in [2.45, 2.75) is 0 Å². The fourth-order valence-electron chi connectivity index (χ4n) is 1.81. The lowest BCUT2D eigenvalue weighted by Gasteiger charge is -2.07. The van der Waals surface area contributed by atoms with Crippen molar-refractivity contribution in [2.75, 3.05) is 0 Å². The Kier molecular flexibility index (Phi) is 5.15. The van der Waals surface area contributed by atoms with Gasteiger partial charge in [-0.05, 0) is 29.6 Å². The van der Waals surface area contributed by atoms with Crippen LogP contribution in [0.1, 0.15) is 20.8 Å². The summed E-state index contributed by atoms with van der Waals surface area (Å²) in [5.41, 5.74) is 5.95. The molecule has 0 fully saturated rings. The van der Waals surface area contributed by atoms with Gasteiger partial charge in [0.2, 0.25) is 0 Å². The third-order valence-corrected chi connectivity index (χ3v) is 5.11. The molecule has 0 aliphatic carbocycles. The molecule has 24 heavy (non-hydrogen) atoms. The van der Waals surface area contributed by atoms with Gasteiger partial charge in [-0.3, -0.25) is 20.4 Å². The molecular formula is C15H9Cl2N3O2S2. The second kappa shape index (κ2) is 7.31. The largest absolute Gasteiger partial charge is 0.289 e. The van der Waals surface area contributed by atoms with Crippen molar-refractivity contribution in [3.05, 3.63) is 61.7 Å². The monoisotopic (exact) mass is 397 g/mol. The first-order valence-corrected chi connectivity index (χ1v) is 9.16. The number of nitrogens with zero attached hydrogens (tertiary/aromatic N) is 1. The maximum absolute atomic E-state index is 12.1. The van der Waals surface area contributed by atoms with E-state index in [1.54, 1.807) is 22.8 Å². The summed E-state index contributed by atoms with van der Waals surface area (Å²) in [6, 6.07) is 6.42. The van der Waals surface area contributed by atoms with Gasteiger partial charge in [0.1, 0.15) is 10.7 Å². The molecule has 2 heterocycles. The summed E-state index contributed by atoms with van der Waals surface area (Å²) < 4.78 is 0. The number of carbonyl (C=O) groups is 2. The maximum Gasteiger partial charge on any atom is 0.289 e. The Labute approximate surface area is 155 Å². The molecule has 0 atom stereocenters. The molecule has 0 saturated heterocycles. The molecular weight excluding hydrogens is 389 g/mol. The highest BCUT2D eigenvalue weighted by Gasteiger charge is 2.15. The van der Waals surface area contributed by atoms with Crippen molar-refractivity contribution in [1.82, 2.24) is 15.8 Å². The second-order valence-corrected chi connectivity index (χ2v) is 7.06. The lowest BCUT2D eigenvalue weighted by molar-refractivity contribution is 0.0844. The van der Waals surface area contributed by atoms with Gasteiger partial charge >= 0.3 is 0 Å². The molecule has 0 bridgehead atoms. The molecule has 9 heteroatoms. The lowest BCUT2D eigenvalue weighted by atomic mass is 10.2. The van der Waals surface area contributed by atoms with Gasteiger partial charge in [0, 0.05) is 21.3 Å². The van der Waals surface area contributed by atoms with Gasteiger partial charge in [0.25, 0.3) is 11.8 Å². The van der Waals surface area contributed by atoms with Crippen LogP contribution in [0.15, 0.2) is 40.4 Å². The van der Waals surface area contributed by atoms with Crippen LogP contribution in [0.3, 0.4) is 0 Å². The number of hydrazine groups is 1. The molecule has 2 amide bonds. The first-order chi connectivity index (χ1) is 11.5. The smallest absolute Gasteiger partial charge is 0.267 e. The standard InChI is InChI=1S/C15H9Cl2N3O2S2/c16-9-1-2-11(17)10(5-9)13(21)19-20-14(22)12-7-24-15(18-12)8-3-4-23-6-8/h1-7H,(H,19,21)(H,20,22). The predicted octanol–water partition coefficient (Wildman–Crippen LogP) is 4.25. The van der Waals surface area contributed by atoms with Crippen molar-refractivity contribution in [2.24, 2.45) is 0 Å². The molecule has 1 aromatic carbocycles. The minimum absolute atomic E-state index is 0.168. The van der Waals surface area contributed by atoms with Crippen LogP contribution in [-0.4, -0.2) is 16.8 Å². The quantitative estimate of drug-likeness (QED) is 0.648. The highest BCUT2D eigenvalue weighted by Crippen LogP contribution is 2.25. The molecule has 2 N–H and O–H groups in total. The van der Waals surface area contributed by atoms with Crippen molar-refractivity contribution < 1.29 is 9.59 Å². The molecule has 3 rings (SSSR count). The van der Waals surface area contributed by atoms with Gasteiger partial charge in [-0.2, -0.15) is 11.3 Å². The summed E-state index contributed by atoms with van der Waals surface area (Å²) in [5, 5.41) is 6.86. The zero-order valence-corrected chi connectivity index (χ0v) is 15.0. The first kappa shape index (κ1) is 16.9. The summed E-state index contributed by atoms with van der Waals surface area (Å²) in [5.74, 6) is -1.08. The van der Waals surface area contributed by atoms with E-state index in [4.69, 9.17) is 23.2 Å². The van der Waals surface area contributed by atoms with Gasteiger partial charge in [0.05, 0.1) is 10.6 Å². The number of halogens is 2. The summed E-state index contributed by atoms with van der Waals surface area (Å²) in [6.07, 6.45) is 0. The summed E-state index contributed by atoms with van der Waals surface area (Å²) in [7, 11) is 0. The van der Waals surface area contributed by atoms with E-state index in [-0.39, 0.29) is 16.3 Å². The van der Waals surface area contributed by atoms with Gasteiger partial charge in [0.15, 0.2) is 0 Å². The Morgan fingerprint density at radius 3 is 2.58 bits per heavy atom. The van der Waals surface area contributed by atoms with Gasteiger partial charge in [-0.1, -0.05) is 23.2 Å². The minimum atomic E-state index is -0.566. The van der Waals surface area contributed by atoms with E-state index < -0.39 is 11.8 Å². The molecule has 2 aromatic heterocycles. The number of hydrogen-bond donors (Lipinski definition) is 2. The van der Waals surface area contributed by atoms with E-state index in [9.17, 15) is 9.59 Å². The molecule has 0 aliphatic heterocycles. The molecule has 3 aromatic rings. The van der Waals surface area contributed by atoms with Crippen LogP contribution in [0.4, 0.5) is 0 Å². The van der Waals surface area contributed by atoms with Crippen molar-refractivity contribution in [3.8, 4) is 10.6 Å². The number of aromatic nitrogens is 1. The third kappa shape index (κ3) is 3.76.